The molecule has 0 aliphatic carbocycles. The third-order valence-electron chi connectivity index (χ3n) is 3.88. The number of amides is 1. The van der Waals surface area contributed by atoms with Gasteiger partial charge >= 0.3 is 0 Å². The summed E-state index contributed by atoms with van der Waals surface area (Å²) in [7, 11) is 0. The van der Waals surface area contributed by atoms with Crippen molar-refractivity contribution in [3.63, 3.8) is 0 Å². The van der Waals surface area contributed by atoms with Crippen LogP contribution in [0.15, 0.2) is 16.7 Å². The van der Waals surface area contributed by atoms with Crippen molar-refractivity contribution in [3.05, 3.63) is 33.7 Å². The van der Waals surface area contributed by atoms with Gasteiger partial charge in [0.05, 0.1) is 10.2 Å². The molecule has 5 heteroatoms. The Labute approximate surface area is 153 Å². The molecule has 0 atom stereocenters. The summed E-state index contributed by atoms with van der Waals surface area (Å²) >= 11 is 3.58. The molecule has 4 nitrogen and oxygen atoms in total. The average Bonchev–Trinajstić information content (AvgIpc) is 2.83. The summed E-state index contributed by atoms with van der Waals surface area (Å²) in [4.78, 5) is 20.0. The molecule has 0 aliphatic rings. The fraction of sp³-hybridized carbons (Fsp3) is 0.579. The number of carbonyl (C=O) groups excluding carboxylic acids is 1. The van der Waals surface area contributed by atoms with Crippen LogP contribution in [0, 0.1) is 18.8 Å². The topological polar surface area (TPSA) is 37.6 Å². The van der Waals surface area contributed by atoms with Gasteiger partial charge in [0, 0.05) is 19.3 Å². The minimum atomic E-state index is 0.0826. The number of halogens is 1. The maximum absolute atomic E-state index is 13.3. The Bertz CT molecular complexity index is 724. The molecule has 0 saturated carbocycles. The van der Waals surface area contributed by atoms with E-state index >= 15 is 0 Å². The number of aryl methyl sites for hydroxylation is 2. The lowest BCUT2D eigenvalue weighted by Gasteiger charge is -2.26. The second-order valence-electron chi connectivity index (χ2n) is 7.32. The number of hydrogen-bond donors (Lipinski definition) is 0. The lowest BCUT2D eigenvalue weighted by Crippen LogP contribution is -2.38. The number of carbonyl (C=O) groups is 1. The van der Waals surface area contributed by atoms with Crippen LogP contribution in [0.25, 0.3) is 5.65 Å². The first-order valence-electron chi connectivity index (χ1n) is 8.70. The Morgan fingerprint density at radius 3 is 2.33 bits per heavy atom. The third-order valence-corrected chi connectivity index (χ3v) is 4.46. The van der Waals surface area contributed by atoms with Crippen LogP contribution >= 0.6 is 15.9 Å². The second kappa shape index (κ2) is 7.68. The van der Waals surface area contributed by atoms with E-state index in [2.05, 4.69) is 50.5 Å². The quantitative estimate of drug-likeness (QED) is 0.711. The molecule has 0 spiro atoms. The van der Waals surface area contributed by atoms with E-state index in [-0.39, 0.29) is 5.91 Å². The van der Waals surface area contributed by atoms with Gasteiger partial charge in [-0.15, -0.1) is 0 Å². The van der Waals surface area contributed by atoms with Crippen LogP contribution in [0.5, 0.6) is 0 Å². The lowest BCUT2D eigenvalue weighted by molar-refractivity contribution is 0.0707. The van der Waals surface area contributed by atoms with Crippen LogP contribution in [0.3, 0.4) is 0 Å². The van der Waals surface area contributed by atoms with Gasteiger partial charge in [-0.3, -0.25) is 9.20 Å². The average molecular weight is 394 g/mol. The monoisotopic (exact) mass is 393 g/mol. The van der Waals surface area contributed by atoms with Gasteiger partial charge in [0.15, 0.2) is 5.65 Å². The van der Waals surface area contributed by atoms with Crippen LogP contribution in [0.1, 0.15) is 56.4 Å². The zero-order chi connectivity index (χ0) is 18.0. The fourth-order valence-corrected chi connectivity index (χ4v) is 3.66. The molecular weight excluding hydrogens is 366 g/mol. The maximum Gasteiger partial charge on any atom is 0.272 e. The van der Waals surface area contributed by atoms with Gasteiger partial charge in [0.25, 0.3) is 5.91 Å². The van der Waals surface area contributed by atoms with Gasteiger partial charge in [-0.2, -0.15) is 0 Å². The molecule has 0 aliphatic heterocycles. The lowest BCUT2D eigenvalue weighted by atomic mass is 10.1. The molecule has 1 amide bonds. The van der Waals surface area contributed by atoms with Crippen LogP contribution in [0.4, 0.5) is 0 Å². The van der Waals surface area contributed by atoms with E-state index < -0.39 is 0 Å². The predicted molar refractivity (Wildman–Crippen MR) is 103 cm³/mol. The fourth-order valence-electron chi connectivity index (χ4n) is 3.02. The van der Waals surface area contributed by atoms with Gasteiger partial charge in [0.1, 0.15) is 5.69 Å². The number of nitrogens with zero attached hydrogens (tertiary/aromatic N) is 3. The first kappa shape index (κ1) is 19.0. The minimum Gasteiger partial charge on any atom is -0.337 e. The zero-order valence-corrected chi connectivity index (χ0v) is 17.1. The highest BCUT2D eigenvalue weighted by Crippen LogP contribution is 2.24. The van der Waals surface area contributed by atoms with Crippen molar-refractivity contribution in [1.82, 2.24) is 14.3 Å². The minimum absolute atomic E-state index is 0.0826. The normalized spacial score (nSPS) is 11.7. The molecule has 2 aromatic rings. The molecular formula is C19H28BrN3O. The second-order valence-corrected chi connectivity index (χ2v) is 8.17. The van der Waals surface area contributed by atoms with Crippen LogP contribution in [0.2, 0.25) is 0 Å². The molecule has 0 fully saturated rings. The van der Waals surface area contributed by atoms with E-state index in [0.29, 0.717) is 17.5 Å². The molecule has 0 unspecified atom stereocenters. The standard InChI is InChI=1S/C19H28BrN3O/c1-7-16-17(19(24)22(9-12(2)3)10-13(4)5)23-11-14(6)8-15(20)18(23)21-16/h8,11-13H,7,9-10H2,1-6H3. The SMILES string of the molecule is CCc1nc2c(Br)cc(C)cn2c1C(=O)N(CC(C)C)CC(C)C. The van der Waals surface area contributed by atoms with Gasteiger partial charge in [-0.25, -0.2) is 4.98 Å². The van der Waals surface area contributed by atoms with Crippen molar-refractivity contribution < 1.29 is 4.79 Å². The van der Waals surface area contributed by atoms with E-state index in [1.165, 1.54) is 0 Å². The van der Waals surface area contributed by atoms with Gasteiger partial charge in [-0.1, -0.05) is 34.6 Å². The highest BCUT2D eigenvalue weighted by atomic mass is 79.9. The molecule has 0 bridgehead atoms. The molecule has 2 aromatic heterocycles. The molecule has 0 saturated heterocycles. The number of imidazole rings is 1. The Morgan fingerprint density at radius 1 is 1.25 bits per heavy atom. The Kier molecular flexibility index (Phi) is 6.07. The van der Waals surface area contributed by atoms with Crippen molar-refractivity contribution in [2.24, 2.45) is 11.8 Å². The largest absolute Gasteiger partial charge is 0.337 e. The Balaban J connectivity index is 2.57. The Morgan fingerprint density at radius 2 is 1.83 bits per heavy atom. The van der Waals surface area contributed by atoms with Crippen molar-refractivity contribution in [3.8, 4) is 0 Å². The van der Waals surface area contributed by atoms with Gasteiger partial charge < -0.3 is 4.90 Å². The molecule has 0 radical (unpaired) electrons. The highest BCUT2D eigenvalue weighted by Gasteiger charge is 2.25. The summed E-state index contributed by atoms with van der Waals surface area (Å²) < 4.78 is 2.88. The van der Waals surface area contributed by atoms with E-state index in [1.807, 2.05) is 28.5 Å². The summed E-state index contributed by atoms with van der Waals surface area (Å²) in [6, 6.07) is 2.04. The highest BCUT2D eigenvalue weighted by molar-refractivity contribution is 9.10. The number of hydrogen-bond acceptors (Lipinski definition) is 2. The van der Waals surface area contributed by atoms with Crippen LogP contribution in [-0.4, -0.2) is 33.3 Å². The van der Waals surface area contributed by atoms with Crippen molar-refractivity contribution in [2.45, 2.75) is 48.0 Å². The summed E-state index contributed by atoms with van der Waals surface area (Å²) in [5.41, 5.74) is 3.49. The van der Waals surface area contributed by atoms with E-state index in [0.717, 1.165) is 40.9 Å². The number of aromatic nitrogens is 2. The maximum atomic E-state index is 13.3. The predicted octanol–water partition coefficient (Wildman–Crippen LogP) is 4.72. The Hall–Kier alpha value is -1.36. The summed E-state index contributed by atoms with van der Waals surface area (Å²) in [5.74, 6) is 0.954. The molecule has 24 heavy (non-hydrogen) atoms. The summed E-state index contributed by atoms with van der Waals surface area (Å²) in [5, 5.41) is 0. The van der Waals surface area contributed by atoms with Crippen molar-refractivity contribution in [2.75, 3.05) is 13.1 Å². The molecule has 0 aromatic carbocycles. The van der Waals surface area contributed by atoms with E-state index in [4.69, 9.17) is 4.98 Å². The van der Waals surface area contributed by atoms with Gasteiger partial charge in [-0.05, 0) is 52.7 Å². The number of pyridine rings is 1. The molecule has 2 heterocycles. The third kappa shape index (κ3) is 4.00. The van der Waals surface area contributed by atoms with Crippen LogP contribution in [-0.2, 0) is 6.42 Å². The number of rotatable bonds is 6. The molecule has 132 valence electrons. The van der Waals surface area contributed by atoms with E-state index in [9.17, 15) is 4.79 Å². The van der Waals surface area contributed by atoms with Crippen LogP contribution < -0.4 is 0 Å². The molecule has 0 N–H and O–H groups in total. The zero-order valence-electron chi connectivity index (χ0n) is 15.6. The number of fused-ring (bicyclic) bond motifs is 1. The van der Waals surface area contributed by atoms with E-state index in [1.54, 1.807) is 0 Å². The summed E-state index contributed by atoms with van der Waals surface area (Å²) in [6.07, 6.45) is 2.74. The first-order valence-corrected chi connectivity index (χ1v) is 9.50. The van der Waals surface area contributed by atoms with Crippen molar-refractivity contribution in [1.29, 1.82) is 0 Å². The van der Waals surface area contributed by atoms with Gasteiger partial charge in [0.2, 0.25) is 0 Å². The van der Waals surface area contributed by atoms with Crippen molar-refractivity contribution >= 4 is 27.5 Å². The summed E-state index contributed by atoms with van der Waals surface area (Å²) in [6.45, 7) is 14.2. The molecule has 2 rings (SSSR count). The smallest absolute Gasteiger partial charge is 0.272 e. The first-order chi connectivity index (χ1) is 11.2.